The average molecular weight is 398 g/mol. The lowest BCUT2D eigenvalue weighted by Gasteiger charge is -2.39. The van der Waals surface area contributed by atoms with E-state index in [1.807, 2.05) is 0 Å². The predicted octanol–water partition coefficient (Wildman–Crippen LogP) is 5.08. The molecule has 0 amide bonds. The minimum Gasteiger partial charge on any atom is -0.482 e. The minimum atomic E-state index is -10.2. The third-order valence-corrected chi connectivity index (χ3v) is 3.19. The number of hydrogen-bond acceptors (Lipinski definition) is 5. The van der Waals surface area contributed by atoms with Crippen LogP contribution in [0.1, 0.15) is 10.4 Å². The molecule has 0 bridgehead atoms. The molecule has 0 aromatic heterocycles. The third-order valence-electron chi connectivity index (χ3n) is 2.69. The minimum absolute atomic E-state index is 0.184. The highest BCUT2D eigenvalue weighted by Crippen LogP contribution is 2.97. The number of hydrogen-bond donors (Lipinski definition) is 0. The molecule has 0 radical (unpaired) electrons. The summed E-state index contributed by atoms with van der Waals surface area (Å²) in [7, 11) is -10.2. The van der Waals surface area contributed by atoms with Crippen LogP contribution in [-0.4, -0.2) is 18.9 Å². The lowest BCUT2D eigenvalue weighted by Crippen LogP contribution is -2.19. The molecule has 26 heavy (non-hydrogen) atoms. The lowest BCUT2D eigenvalue weighted by atomic mass is 10.2. The summed E-state index contributed by atoms with van der Waals surface area (Å²) in [5, 5.41) is 0. The van der Waals surface area contributed by atoms with Crippen LogP contribution < -0.4 is 13.7 Å². The van der Waals surface area contributed by atoms with Gasteiger partial charge in [0.05, 0.1) is 0 Å². The molecular weight excluding hydrogens is 387 g/mol. The summed E-state index contributed by atoms with van der Waals surface area (Å²) in [4.78, 5) is 22.2. The van der Waals surface area contributed by atoms with E-state index in [9.17, 15) is 29.0 Å². The van der Waals surface area contributed by atoms with E-state index in [0.29, 0.717) is 17.9 Å². The van der Waals surface area contributed by atoms with E-state index in [0.717, 1.165) is 12.1 Å². The Labute approximate surface area is 144 Å². The van der Waals surface area contributed by atoms with Gasteiger partial charge in [-0.15, -0.1) is 0 Å². The summed E-state index contributed by atoms with van der Waals surface area (Å²) >= 11 is 0. The highest BCUT2D eigenvalue weighted by Gasteiger charge is 2.67. The molecule has 142 valence electrons. The molecule has 0 saturated carbocycles. The number of carbonyl (C=O) groups is 2. The molecule has 11 heteroatoms. The Hall–Kier alpha value is -2.82. The predicted molar refractivity (Wildman–Crippen MR) is 83.2 cm³/mol. The van der Waals surface area contributed by atoms with Crippen LogP contribution in [0.15, 0.2) is 48.5 Å². The highest BCUT2D eigenvalue weighted by atomic mass is 32.5. The molecule has 0 spiro atoms. The van der Waals surface area contributed by atoms with Gasteiger partial charge in [0, 0.05) is 5.56 Å². The van der Waals surface area contributed by atoms with E-state index in [4.69, 9.17) is 4.74 Å². The van der Waals surface area contributed by atoms with Gasteiger partial charge in [-0.05, 0) is 36.4 Å². The number of aldehydes is 1. The Morgan fingerprint density at radius 3 is 2.04 bits per heavy atom. The van der Waals surface area contributed by atoms with Gasteiger partial charge in [-0.2, -0.15) is 0 Å². The first-order valence-corrected chi connectivity index (χ1v) is 8.65. The second-order valence-electron chi connectivity index (χ2n) is 4.88. The van der Waals surface area contributed by atoms with Gasteiger partial charge in [-0.25, -0.2) is 4.79 Å². The van der Waals surface area contributed by atoms with Crippen LogP contribution in [0.5, 0.6) is 17.2 Å². The van der Waals surface area contributed by atoms with Crippen LogP contribution in [0.25, 0.3) is 0 Å². The Balaban J connectivity index is 2.04. The van der Waals surface area contributed by atoms with Crippen molar-refractivity contribution in [3.05, 3.63) is 54.1 Å². The van der Waals surface area contributed by atoms with Crippen molar-refractivity contribution in [2.24, 2.45) is 0 Å². The van der Waals surface area contributed by atoms with Gasteiger partial charge in [0.25, 0.3) is 0 Å². The standard InChI is InChI=1S/C15H11F5O5S/c16-26(17,18,19,20)25-14-4-2-1-3-13(14)24-15(22)10-23-12-7-5-11(9-21)6-8-12/h1-9H,10H2. The normalized spacial score (nSPS) is 13.9. The van der Waals surface area contributed by atoms with Crippen molar-refractivity contribution >= 4 is 22.8 Å². The van der Waals surface area contributed by atoms with Crippen molar-refractivity contribution in [3.8, 4) is 17.2 Å². The number of carbonyl (C=O) groups excluding carboxylic acids is 2. The summed E-state index contributed by atoms with van der Waals surface area (Å²) < 4.78 is 74.7. The Morgan fingerprint density at radius 2 is 1.50 bits per heavy atom. The average Bonchev–Trinajstić information content (AvgIpc) is 2.53. The monoisotopic (exact) mass is 398 g/mol. The lowest BCUT2D eigenvalue weighted by molar-refractivity contribution is -0.136. The van der Waals surface area contributed by atoms with Crippen molar-refractivity contribution in [1.82, 2.24) is 0 Å². The maximum atomic E-state index is 12.4. The van der Waals surface area contributed by atoms with E-state index >= 15 is 0 Å². The molecule has 0 aliphatic heterocycles. The van der Waals surface area contributed by atoms with E-state index in [2.05, 4.69) is 8.92 Å². The highest BCUT2D eigenvalue weighted by molar-refractivity contribution is 8.42. The van der Waals surface area contributed by atoms with Crippen molar-refractivity contribution in [2.75, 3.05) is 6.61 Å². The summed E-state index contributed by atoms with van der Waals surface area (Å²) in [6.07, 6.45) is 0.591. The third kappa shape index (κ3) is 6.59. The summed E-state index contributed by atoms with van der Waals surface area (Å²) in [5.74, 6) is -3.16. The Bertz CT molecular complexity index is 821. The molecule has 0 unspecified atom stereocenters. The van der Waals surface area contributed by atoms with Gasteiger partial charge in [0.1, 0.15) is 12.0 Å². The number of para-hydroxylation sites is 2. The quantitative estimate of drug-likeness (QED) is 0.282. The maximum absolute atomic E-state index is 12.4. The molecule has 0 fully saturated rings. The zero-order valence-corrected chi connectivity index (χ0v) is 13.6. The second-order valence-corrected chi connectivity index (χ2v) is 6.84. The van der Waals surface area contributed by atoms with Crippen LogP contribution in [0, 0.1) is 0 Å². The SMILES string of the molecule is O=Cc1ccc(OCC(=O)Oc2ccccc2OS(F)(F)(F)(F)F)cc1. The van der Waals surface area contributed by atoms with Gasteiger partial charge in [0.2, 0.25) is 0 Å². The number of esters is 1. The van der Waals surface area contributed by atoms with Crippen molar-refractivity contribution in [2.45, 2.75) is 0 Å². The van der Waals surface area contributed by atoms with Crippen molar-refractivity contribution in [3.63, 3.8) is 0 Å². The largest absolute Gasteiger partial charge is 0.482 e. The van der Waals surface area contributed by atoms with Gasteiger partial charge in [-0.3, -0.25) is 4.79 Å². The van der Waals surface area contributed by atoms with Crippen molar-refractivity contribution in [1.29, 1.82) is 0 Å². The van der Waals surface area contributed by atoms with E-state index in [-0.39, 0.29) is 5.75 Å². The fourth-order valence-corrected chi connectivity index (χ4v) is 2.19. The molecular formula is C15H11F5O5S. The molecule has 0 saturated heterocycles. The summed E-state index contributed by atoms with van der Waals surface area (Å²) in [5.41, 5.74) is 0.363. The van der Waals surface area contributed by atoms with Crippen LogP contribution in [0.2, 0.25) is 0 Å². The van der Waals surface area contributed by atoms with Crippen LogP contribution in [0.3, 0.4) is 0 Å². The molecule has 0 aliphatic rings. The van der Waals surface area contributed by atoms with E-state index in [1.54, 1.807) is 0 Å². The molecule has 0 atom stereocenters. The second kappa shape index (κ2) is 6.16. The van der Waals surface area contributed by atoms with Crippen molar-refractivity contribution < 1.29 is 42.7 Å². The van der Waals surface area contributed by atoms with Gasteiger partial charge in [0.15, 0.2) is 18.1 Å². The summed E-state index contributed by atoms with van der Waals surface area (Å²) in [6.45, 7) is -0.717. The molecule has 2 aromatic carbocycles. The molecule has 2 aromatic rings. The van der Waals surface area contributed by atoms with Gasteiger partial charge in [-0.1, -0.05) is 31.6 Å². The first-order chi connectivity index (χ1) is 11.8. The van der Waals surface area contributed by atoms with Crippen LogP contribution >= 0.6 is 10.5 Å². The van der Waals surface area contributed by atoms with Crippen LogP contribution in [0.4, 0.5) is 19.4 Å². The first kappa shape index (κ1) is 19.5. The fraction of sp³-hybridized carbons (Fsp3) is 0.0667. The Morgan fingerprint density at radius 1 is 0.923 bits per heavy atom. The molecule has 0 aliphatic carbocycles. The van der Waals surface area contributed by atoms with E-state index in [1.165, 1.54) is 30.3 Å². The fourth-order valence-electron chi connectivity index (χ4n) is 1.71. The van der Waals surface area contributed by atoms with Crippen LogP contribution in [-0.2, 0) is 4.79 Å². The van der Waals surface area contributed by atoms with Gasteiger partial charge >= 0.3 is 16.5 Å². The van der Waals surface area contributed by atoms with Gasteiger partial charge < -0.3 is 13.7 Å². The number of halogens is 5. The number of rotatable bonds is 7. The molecule has 5 nitrogen and oxygen atoms in total. The Kier molecular flexibility index (Phi) is 4.62. The molecule has 0 heterocycles. The smallest absolute Gasteiger partial charge is 0.435 e. The number of ether oxygens (including phenoxy) is 2. The topological polar surface area (TPSA) is 61.8 Å². The molecule has 0 N–H and O–H groups in total. The number of benzene rings is 2. The first-order valence-electron chi connectivity index (χ1n) is 6.77. The summed E-state index contributed by atoms with van der Waals surface area (Å²) in [6, 6.07) is 9.18. The zero-order chi connectivity index (χ0) is 19.5. The zero-order valence-electron chi connectivity index (χ0n) is 12.7. The van der Waals surface area contributed by atoms with E-state index < -0.39 is 34.6 Å². The maximum Gasteiger partial charge on any atom is 0.435 e. The molecule has 2 rings (SSSR count).